The molecule has 2 heterocycles. The Bertz CT molecular complexity index is 599. The average Bonchev–Trinajstić information content (AvgIpc) is 2.99. The number of nitrogens with zero attached hydrogens (tertiary/aromatic N) is 4. The topological polar surface area (TPSA) is 69.1 Å². The number of nitrogens with two attached hydrogens (primary N) is 1. The summed E-state index contributed by atoms with van der Waals surface area (Å²) in [7, 11) is 0. The fraction of sp³-hybridized carbons (Fsp3) is 0.500. The Morgan fingerprint density at radius 1 is 1.39 bits per heavy atom. The van der Waals surface area contributed by atoms with Crippen molar-refractivity contribution in [3.63, 3.8) is 0 Å². The third kappa shape index (κ3) is 1.64. The predicted molar refractivity (Wildman–Crippen MR) is 55.8 cm³/mol. The van der Waals surface area contributed by atoms with Crippen LogP contribution in [0.15, 0.2) is 12.4 Å². The van der Waals surface area contributed by atoms with Crippen LogP contribution in [0.1, 0.15) is 24.2 Å². The molecule has 0 atom stereocenters. The van der Waals surface area contributed by atoms with Crippen molar-refractivity contribution in [2.24, 2.45) is 5.73 Å². The number of halogens is 3. The lowest BCUT2D eigenvalue weighted by Crippen LogP contribution is -2.20. The molecular formula is C10H10F3N5. The van der Waals surface area contributed by atoms with Gasteiger partial charge in [-0.2, -0.15) is 18.2 Å². The summed E-state index contributed by atoms with van der Waals surface area (Å²) in [6, 6.07) is 0. The van der Waals surface area contributed by atoms with Crippen molar-refractivity contribution in [3.8, 4) is 0 Å². The van der Waals surface area contributed by atoms with Gasteiger partial charge in [0.05, 0.1) is 0 Å². The highest BCUT2D eigenvalue weighted by Crippen LogP contribution is 2.46. The van der Waals surface area contributed by atoms with Crippen LogP contribution >= 0.6 is 0 Å². The summed E-state index contributed by atoms with van der Waals surface area (Å²) in [6.07, 6.45) is 0.364. The Labute approximate surface area is 99.8 Å². The van der Waals surface area contributed by atoms with Crippen molar-refractivity contribution in [1.29, 1.82) is 0 Å². The zero-order valence-corrected chi connectivity index (χ0v) is 9.28. The third-order valence-electron chi connectivity index (χ3n) is 3.30. The van der Waals surface area contributed by atoms with Crippen molar-refractivity contribution in [3.05, 3.63) is 23.8 Å². The molecule has 0 bridgehead atoms. The zero-order chi connectivity index (χ0) is 13.0. The van der Waals surface area contributed by atoms with Gasteiger partial charge in [-0.15, -0.1) is 5.10 Å². The van der Waals surface area contributed by atoms with Gasteiger partial charge >= 0.3 is 6.18 Å². The van der Waals surface area contributed by atoms with Gasteiger partial charge in [0.2, 0.25) is 0 Å². The number of aromatic nitrogens is 4. The number of fused-ring (bicyclic) bond motifs is 1. The normalized spacial score (nSPS) is 18.2. The second-order valence-corrected chi connectivity index (χ2v) is 4.50. The van der Waals surface area contributed by atoms with Gasteiger partial charge in [-0.3, -0.25) is 0 Å². The fourth-order valence-corrected chi connectivity index (χ4v) is 1.94. The van der Waals surface area contributed by atoms with E-state index in [-0.39, 0.29) is 11.2 Å². The van der Waals surface area contributed by atoms with E-state index in [0.29, 0.717) is 6.54 Å². The summed E-state index contributed by atoms with van der Waals surface area (Å²) < 4.78 is 38.4. The maximum atomic E-state index is 12.5. The van der Waals surface area contributed by atoms with E-state index in [1.54, 1.807) is 0 Å². The van der Waals surface area contributed by atoms with Crippen LogP contribution in [-0.2, 0) is 11.6 Å². The van der Waals surface area contributed by atoms with E-state index < -0.39 is 12.0 Å². The van der Waals surface area contributed by atoms with Crippen molar-refractivity contribution in [1.82, 2.24) is 19.6 Å². The van der Waals surface area contributed by atoms with Crippen LogP contribution in [0.25, 0.3) is 5.78 Å². The maximum absolute atomic E-state index is 12.5. The highest BCUT2D eigenvalue weighted by atomic mass is 19.4. The highest BCUT2D eigenvalue weighted by Gasteiger charge is 2.44. The van der Waals surface area contributed by atoms with Gasteiger partial charge in [-0.25, -0.2) is 9.50 Å². The number of hydrogen-bond donors (Lipinski definition) is 1. The van der Waals surface area contributed by atoms with Crippen LogP contribution in [0.2, 0.25) is 0 Å². The SMILES string of the molecule is NCC1(c2cnc3nc(C(F)(F)F)nn3c2)CC1. The van der Waals surface area contributed by atoms with E-state index in [9.17, 15) is 13.2 Å². The van der Waals surface area contributed by atoms with Gasteiger partial charge < -0.3 is 5.73 Å². The van der Waals surface area contributed by atoms with E-state index in [2.05, 4.69) is 15.1 Å². The van der Waals surface area contributed by atoms with Crippen LogP contribution in [0.4, 0.5) is 13.2 Å². The first-order valence-corrected chi connectivity index (χ1v) is 5.45. The summed E-state index contributed by atoms with van der Waals surface area (Å²) in [4.78, 5) is 7.24. The largest absolute Gasteiger partial charge is 0.453 e. The van der Waals surface area contributed by atoms with Crippen molar-refractivity contribution >= 4 is 5.78 Å². The average molecular weight is 257 g/mol. The van der Waals surface area contributed by atoms with E-state index in [1.165, 1.54) is 12.4 Å². The van der Waals surface area contributed by atoms with Crippen molar-refractivity contribution < 1.29 is 13.2 Å². The number of alkyl halides is 3. The Kier molecular flexibility index (Phi) is 2.16. The molecule has 18 heavy (non-hydrogen) atoms. The van der Waals surface area contributed by atoms with E-state index in [0.717, 1.165) is 22.9 Å². The van der Waals surface area contributed by atoms with E-state index >= 15 is 0 Å². The molecule has 0 spiro atoms. The first kappa shape index (κ1) is 11.4. The molecule has 0 saturated heterocycles. The summed E-state index contributed by atoms with van der Waals surface area (Å²) in [5.41, 5.74) is 6.35. The highest BCUT2D eigenvalue weighted by molar-refractivity contribution is 5.34. The Hall–Kier alpha value is -1.70. The van der Waals surface area contributed by atoms with Gasteiger partial charge in [-0.1, -0.05) is 0 Å². The smallest absolute Gasteiger partial charge is 0.330 e. The lowest BCUT2D eigenvalue weighted by molar-refractivity contribution is -0.144. The van der Waals surface area contributed by atoms with E-state index in [4.69, 9.17) is 5.73 Å². The predicted octanol–water partition coefficient (Wildman–Crippen LogP) is 1.13. The standard InChI is InChI=1S/C10H10F3N5/c11-10(12,13)7-16-8-15-3-6(4-18(8)17-7)9(5-14)1-2-9/h3-4H,1-2,5,14H2. The lowest BCUT2D eigenvalue weighted by atomic mass is 10.00. The quantitative estimate of drug-likeness (QED) is 0.875. The molecule has 1 aliphatic rings. The second kappa shape index (κ2) is 3.41. The molecule has 1 fully saturated rings. The minimum Gasteiger partial charge on any atom is -0.330 e. The number of hydrogen-bond acceptors (Lipinski definition) is 4. The molecule has 2 N–H and O–H groups in total. The molecule has 0 unspecified atom stereocenters. The summed E-state index contributed by atoms with van der Waals surface area (Å²) >= 11 is 0. The molecule has 0 radical (unpaired) electrons. The van der Waals surface area contributed by atoms with Gasteiger partial charge in [0.15, 0.2) is 0 Å². The van der Waals surface area contributed by atoms with Crippen LogP contribution in [-0.4, -0.2) is 26.1 Å². The molecule has 96 valence electrons. The third-order valence-corrected chi connectivity index (χ3v) is 3.30. The van der Waals surface area contributed by atoms with Crippen molar-refractivity contribution in [2.75, 3.05) is 6.54 Å². The van der Waals surface area contributed by atoms with Gasteiger partial charge in [0.25, 0.3) is 11.6 Å². The molecule has 0 amide bonds. The minimum atomic E-state index is -4.56. The maximum Gasteiger partial charge on any atom is 0.453 e. The van der Waals surface area contributed by atoms with Gasteiger partial charge in [0, 0.05) is 24.4 Å². The van der Waals surface area contributed by atoms with Crippen LogP contribution in [0.5, 0.6) is 0 Å². The molecule has 1 aliphatic carbocycles. The summed E-state index contributed by atoms with van der Waals surface area (Å²) in [5.74, 6) is -1.23. The molecule has 5 nitrogen and oxygen atoms in total. The first-order chi connectivity index (χ1) is 8.44. The summed E-state index contributed by atoms with van der Waals surface area (Å²) in [5, 5.41) is 3.40. The molecule has 2 aromatic rings. The van der Waals surface area contributed by atoms with E-state index in [1.807, 2.05) is 0 Å². The Morgan fingerprint density at radius 2 is 2.11 bits per heavy atom. The molecule has 3 rings (SSSR count). The molecule has 2 aromatic heterocycles. The lowest BCUT2D eigenvalue weighted by Gasteiger charge is -2.11. The van der Waals surface area contributed by atoms with Crippen LogP contribution < -0.4 is 5.73 Å². The number of rotatable bonds is 2. The molecule has 8 heteroatoms. The van der Waals surface area contributed by atoms with Crippen LogP contribution in [0, 0.1) is 0 Å². The molecule has 0 aromatic carbocycles. The van der Waals surface area contributed by atoms with Gasteiger partial charge in [0.1, 0.15) is 0 Å². The van der Waals surface area contributed by atoms with Crippen LogP contribution in [0.3, 0.4) is 0 Å². The minimum absolute atomic E-state index is 0.0566. The molecule has 0 aliphatic heterocycles. The molecular weight excluding hydrogens is 247 g/mol. The second-order valence-electron chi connectivity index (χ2n) is 4.50. The van der Waals surface area contributed by atoms with Crippen molar-refractivity contribution in [2.45, 2.75) is 24.4 Å². The fourth-order valence-electron chi connectivity index (χ4n) is 1.94. The Morgan fingerprint density at radius 3 is 2.67 bits per heavy atom. The Balaban J connectivity index is 2.08. The molecule has 1 saturated carbocycles. The zero-order valence-electron chi connectivity index (χ0n) is 9.28. The summed E-state index contributed by atoms with van der Waals surface area (Å²) in [6.45, 7) is 0.459. The monoisotopic (exact) mass is 257 g/mol. The first-order valence-electron chi connectivity index (χ1n) is 5.45. The van der Waals surface area contributed by atoms with Gasteiger partial charge in [-0.05, 0) is 18.4 Å².